The predicted octanol–water partition coefficient (Wildman–Crippen LogP) is 4.54. The van der Waals surface area contributed by atoms with Crippen molar-refractivity contribution < 1.29 is 4.79 Å². The van der Waals surface area contributed by atoms with Gasteiger partial charge in [-0.15, -0.1) is 11.3 Å². The number of thiophene rings is 1. The zero-order valence-electron chi connectivity index (χ0n) is 16.2. The molecular formula is C23H21N3O2S. The van der Waals surface area contributed by atoms with E-state index in [1.54, 1.807) is 9.47 Å². The molecular weight excluding hydrogens is 382 g/mol. The summed E-state index contributed by atoms with van der Waals surface area (Å²) in [6.07, 6.45) is 2.34. The third kappa shape index (κ3) is 2.86. The molecule has 0 saturated heterocycles. The summed E-state index contributed by atoms with van der Waals surface area (Å²) in [4.78, 5) is 33.4. The molecule has 1 aliphatic heterocycles. The number of unbranched alkanes of at least 4 members (excludes halogenated alkanes) is 1. The molecule has 0 unspecified atom stereocenters. The number of anilines is 1. The Bertz CT molecular complexity index is 1280. The molecule has 3 heterocycles. The smallest absolute Gasteiger partial charge is 0.273 e. The lowest BCUT2D eigenvalue weighted by Crippen LogP contribution is -2.31. The van der Waals surface area contributed by atoms with Gasteiger partial charge in [-0.3, -0.25) is 19.1 Å². The number of nitrogens with zero attached hydrogens (tertiary/aromatic N) is 3. The van der Waals surface area contributed by atoms with E-state index in [0.29, 0.717) is 29.1 Å². The summed E-state index contributed by atoms with van der Waals surface area (Å²) < 4.78 is 3.29. The van der Waals surface area contributed by atoms with Crippen LogP contribution in [0.2, 0.25) is 0 Å². The molecule has 0 radical (unpaired) electrons. The van der Waals surface area contributed by atoms with E-state index in [4.69, 9.17) is 4.98 Å². The SMILES string of the molecule is CCCCN1C(=O)[C@@H](Cc2ccccc2)n2c1nc1c(sc3ccccc31)c2=O. The number of amides is 1. The highest BCUT2D eigenvalue weighted by molar-refractivity contribution is 7.25. The Hall–Kier alpha value is -2.99. The Morgan fingerprint density at radius 1 is 1.03 bits per heavy atom. The number of fused-ring (bicyclic) bond motifs is 4. The van der Waals surface area contributed by atoms with Crippen LogP contribution < -0.4 is 10.5 Å². The quantitative estimate of drug-likeness (QED) is 0.491. The summed E-state index contributed by atoms with van der Waals surface area (Å²) >= 11 is 1.46. The molecule has 2 aromatic carbocycles. The Morgan fingerprint density at radius 3 is 2.59 bits per heavy atom. The van der Waals surface area contributed by atoms with Crippen LogP contribution in [0, 0.1) is 0 Å². The van der Waals surface area contributed by atoms with E-state index in [-0.39, 0.29) is 11.5 Å². The lowest BCUT2D eigenvalue weighted by atomic mass is 10.1. The molecule has 146 valence electrons. The topological polar surface area (TPSA) is 55.2 Å². The number of aromatic nitrogens is 2. The van der Waals surface area contributed by atoms with E-state index in [9.17, 15) is 9.59 Å². The maximum absolute atomic E-state index is 13.5. The normalized spacial score (nSPS) is 16.1. The zero-order valence-corrected chi connectivity index (χ0v) is 17.0. The molecule has 2 aromatic heterocycles. The fourth-order valence-corrected chi connectivity index (χ4v) is 5.12. The van der Waals surface area contributed by atoms with Gasteiger partial charge in [0.15, 0.2) is 0 Å². The molecule has 4 aromatic rings. The first-order chi connectivity index (χ1) is 14.2. The van der Waals surface area contributed by atoms with Crippen molar-refractivity contribution >= 4 is 43.5 Å². The zero-order chi connectivity index (χ0) is 20.0. The highest BCUT2D eigenvalue weighted by Crippen LogP contribution is 2.36. The molecule has 0 bridgehead atoms. The first-order valence-electron chi connectivity index (χ1n) is 9.98. The summed E-state index contributed by atoms with van der Waals surface area (Å²) in [6.45, 7) is 2.68. The van der Waals surface area contributed by atoms with Crippen molar-refractivity contribution in [3.63, 3.8) is 0 Å². The van der Waals surface area contributed by atoms with Crippen LogP contribution in [0.4, 0.5) is 5.95 Å². The Morgan fingerprint density at radius 2 is 1.79 bits per heavy atom. The van der Waals surface area contributed by atoms with Crippen molar-refractivity contribution in [3.8, 4) is 0 Å². The van der Waals surface area contributed by atoms with E-state index in [2.05, 4.69) is 6.92 Å². The van der Waals surface area contributed by atoms with E-state index in [1.807, 2.05) is 54.6 Å². The number of carbonyl (C=O) groups excluding carboxylic acids is 1. The molecule has 0 spiro atoms. The third-order valence-electron chi connectivity index (χ3n) is 5.52. The van der Waals surface area contributed by atoms with Crippen LogP contribution >= 0.6 is 11.3 Å². The van der Waals surface area contributed by atoms with Crippen LogP contribution in [0.25, 0.3) is 20.3 Å². The van der Waals surface area contributed by atoms with Crippen molar-refractivity contribution in [2.24, 2.45) is 0 Å². The summed E-state index contributed by atoms with van der Waals surface area (Å²) in [6, 6.07) is 17.3. The van der Waals surface area contributed by atoms with Crippen molar-refractivity contribution in [2.75, 3.05) is 11.4 Å². The van der Waals surface area contributed by atoms with Gasteiger partial charge in [0.05, 0.1) is 5.52 Å². The molecule has 1 atom stereocenters. The van der Waals surface area contributed by atoms with Gasteiger partial charge in [0.1, 0.15) is 10.7 Å². The second-order valence-corrected chi connectivity index (χ2v) is 8.46. The number of benzene rings is 2. The molecule has 6 heteroatoms. The van der Waals surface area contributed by atoms with Gasteiger partial charge >= 0.3 is 0 Å². The summed E-state index contributed by atoms with van der Waals surface area (Å²) in [5.74, 6) is 0.458. The van der Waals surface area contributed by atoms with Gasteiger partial charge in [-0.05, 0) is 18.1 Å². The van der Waals surface area contributed by atoms with Crippen molar-refractivity contribution in [2.45, 2.75) is 32.2 Å². The Balaban J connectivity index is 1.72. The minimum absolute atomic E-state index is 0.0335. The molecule has 0 aliphatic carbocycles. The third-order valence-corrected chi connectivity index (χ3v) is 6.67. The molecule has 5 nitrogen and oxygen atoms in total. The van der Waals surface area contributed by atoms with E-state index in [1.165, 1.54) is 11.3 Å². The second-order valence-electron chi connectivity index (χ2n) is 7.41. The van der Waals surface area contributed by atoms with Gasteiger partial charge in [0, 0.05) is 23.1 Å². The number of carbonyl (C=O) groups is 1. The maximum Gasteiger partial charge on any atom is 0.273 e. The first-order valence-corrected chi connectivity index (χ1v) is 10.8. The minimum atomic E-state index is -0.543. The monoisotopic (exact) mass is 403 g/mol. The van der Waals surface area contributed by atoms with Crippen LogP contribution in [0.5, 0.6) is 0 Å². The summed E-state index contributed by atoms with van der Waals surface area (Å²) in [5, 5.41) is 0.974. The number of hydrogen-bond acceptors (Lipinski definition) is 4. The lowest BCUT2D eigenvalue weighted by Gasteiger charge is -2.14. The van der Waals surface area contributed by atoms with Crippen molar-refractivity contribution in [3.05, 3.63) is 70.5 Å². The molecule has 0 N–H and O–H groups in total. The molecule has 1 amide bonds. The largest absolute Gasteiger partial charge is 0.280 e. The van der Waals surface area contributed by atoms with Crippen molar-refractivity contribution in [1.29, 1.82) is 0 Å². The van der Waals surface area contributed by atoms with Crippen LogP contribution in [0.15, 0.2) is 59.4 Å². The highest BCUT2D eigenvalue weighted by Gasteiger charge is 2.39. The predicted molar refractivity (Wildman–Crippen MR) is 118 cm³/mol. The molecule has 29 heavy (non-hydrogen) atoms. The lowest BCUT2D eigenvalue weighted by molar-refractivity contribution is -0.120. The summed E-state index contributed by atoms with van der Waals surface area (Å²) in [7, 11) is 0. The van der Waals surface area contributed by atoms with Crippen LogP contribution in [-0.4, -0.2) is 22.0 Å². The number of hydrogen-bond donors (Lipinski definition) is 0. The van der Waals surface area contributed by atoms with Crippen molar-refractivity contribution in [1.82, 2.24) is 9.55 Å². The molecule has 0 saturated carbocycles. The standard InChI is InChI=1S/C23H21N3O2S/c1-2-3-13-25-21(27)17(14-15-9-5-4-6-10-15)26-22(28)20-19(24-23(25)26)16-11-7-8-12-18(16)29-20/h4-12,17H,2-3,13-14H2,1H3/t17-/m1/s1. The average molecular weight is 404 g/mol. The van der Waals surface area contributed by atoms with Crippen LogP contribution in [0.1, 0.15) is 31.4 Å². The first kappa shape index (κ1) is 18.1. The second kappa shape index (κ2) is 7.12. The molecule has 1 aliphatic rings. The molecule has 0 fully saturated rings. The fourth-order valence-electron chi connectivity index (χ4n) is 4.04. The van der Waals surface area contributed by atoms with E-state index >= 15 is 0 Å². The Labute approximate surface area is 172 Å². The van der Waals surface area contributed by atoms with Gasteiger partial charge in [0.25, 0.3) is 11.5 Å². The van der Waals surface area contributed by atoms with Crippen LogP contribution in [0.3, 0.4) is 0 Å². The fraction of sp³-hybridized carbons (Fsp3) is 0.261. The highest BCUT2D eigenvalue weighted by atomic mass is 32.1. The van der Waals surface area contributed by atoms with Gasteiger partial charge in [-0.2, -0.15) is 0 Å². The van der Waals surface area contributed by atoms with E-state index < -0.39 is 6.04 Å². The minimum Gasteiger partial charge on any atom is -0.280 e. The summed E-state index contributed by atoms with van der Waals surface area (Å²) in [5.41, 5.74) is 1.63. The van der Waals surface area contributed by atoms with Gasteiger partial charge in [0.2, 0.25) is 5.95 Å². The maximum atomic E-state index is 13.5. The number of rotatable bonds is 5. The van der Waals surface area contributed by atoms with Gasteiger partial charge < -0.3 is 0 Å². The van der Waals surface area contributed by atoms with Gasteiger partial charge in [-0.25, -0.2) is 4.98 Å². The average Bonchev–Trinajstić information content (AvgIpc) is 3.24. The Kier molecular flexibility index (Phi) is 4.43. The molecule has 5 rings (SSSR count). The van der Waals surface area contributed by atoms with E-state index in [0.717, 1.165) is 28.5 Å². The van der Waals surface area contributed by atoms with Crippen LogP contribution in [-0.2, 0) is 11.2 Å². The van der Waals surface area contributed by atoms with Gasteiger partial charge in [-0.1, -0.05) is 61.9 Å².